The molecule has 2 atom stereocenters. The summed E-state index contributed by atoms with van der Waals surface area (Å²) >= 11 is 0. The number of hydrogen-bond donors (Lipinski definition) is 1. The SMILES string of the molecule is COC[C@@H](C)N[C@H](C(=O)OC)c1ccccc1. The van der Waals surface area contributed by atoms with Crippen LogP contribution in [0.5, 0.6) is 0 Å². The van der Waals surface area contributed by atoms with E-state index in [0.29, 0.717) is 6.61 Å². The Morgan fingerprint density at radius 2 is 1.94 bits per heavy atom. The van der Waals surface area contributed by atoms with Crippen molar-refractivity contribution in [1.82, 2.24) is 5.32 Å². The first kappa shape index (κ1) is 13.7. The van der Waals surface area contributed by atoms with Crippen molar-refractivity contribution >= 4 is 5.97 Å². The van der Waals surface area contributed by atoms with Gasteiger partial charge in [-0.05, 0) is 12.5 Å². The zero-order valence-corrected chi connectivity index (χ0v) is 10.5. The van der Waals surface area contributed by atoms with Crippen LogP contribution in [0, 0.1) is 0 Å². The highest BCUT2D eigenvalue weighted by Crippen LogP contribution is 2.14. The molecule has 1 rings (SSSR count). The fraction of sp³-hybridized carbons (Fsp3) is 0.462. The highest BCUT2D eigenvalue weighted by Gasteiger charge is 2.22. The highest BCUT2D eigenvalue weighted by molar-refractivity contribution is 5.77. The zero-order chi connectivity index (χ0) is 12.7. The van der Waals surface area contributed by atoms with Gasteiger partial charge in [-0.3, -0.25) is 5.32 Å². The highest BCUT2D eigenvalue weighted by atomic mass is 16.5. The summed E-state index contributed by atoms with van der Waals surface area (Å²) in [6, 6.07) is 9.12. The Hall–Kier alpha value is -1.39. The number of hydrogen-bond acceptors (Lipinski definition) is 4. The van der Waals surface area contributed by atoms with Crippen molar-refractivity contribution < 1.29 is 14.3 Å². The maximum atomic E-state index is 11.7. The molecule has 0 saturated heterocycles. The van der Waals surface area contributed by atoms with Crippen LogP contribution in [0.2, 0.25) is 0 Å². The van der Waals surface area contributed by atoms with Crippen molar-refractivity contribution in [2.75, 3.05) is 20.8 Å². The lowest BCUT2D eigenvalue weighted by atomic mass is 10.1. The molecule has 0 fully saturated rings. The van der Waals surface area contributed by atoms with Crippen LogP contribution in [0.4, 0.5) is 0 Å². The third kappa shape index (κ3) is 4.17. The van der Waals surface area contributed by atoms with Gasteiger partial charge in [-0.25, -0.2) is 4.79 Å². The summed E-state index contributed by atoms with van der Waals surface area (Å²) in [4.78, 5) is 11.7. The van der Waals surface area contributed by atoms with Crippen LogP contribution >= 0.6 is 0 Å². The lowest BCUT2D eigenvalue weighted by Crippen LogP contribution is -2.38. The van der Waals surface area contributed by atoms with Crippen LogP contribution in [0.1, 0.15) is 18.5 Å². The molecule has 0 aliphatic heterocycles. The van der Waals surface area contributed by atoms with Gasteiger partial charge in [0.25, 0.3) is 0 Å². The fourth-order valence-corrected chi connectivity index (χ4v) is 1.65. The number of methoxy groups -OCH3 is 2. The van der Waals surface area contributed by atoms with Crippen molar-refractivity contribution in [3.63, 3.8) is 0 Å². The summed E-state index contributed by atoms with van der Waals surface area (Å²) in [6.45, 7) is 2.50. The summed E-state index contributed by atoms with van der Waals surface area (Å²) in [5.74, 6) is -0.292. The molecule has 4 nitrogen and oxygen atoms in total. The first-order valence-corrected chi connectivity index (χ1v) is 5.56. The molecule has 0 unspecified atom stereocenters. The lowest BCUT2D eigenvalue weighted by Gasteiger charge is -2.21. The number of carbonyl (C=O) groups is 1. The first-order valence-electron chi connectivity index (χ1n) is 5.56. The topological polar surface area (TPSA) is 47.6 Å². The van der Waals surface area contributed by atoms with Crippen molar-refractivity contribution in [3.8, 4) is 0 Å². The number of nitrogens with one attached hydrogen (secondary N) is 1. The Bertz CT molecular complexity index is 340. The van der Waals surface area contributed by atoms with Gasteiger partial charge in [-0.1, -0.05) is 30.3 Å². The van der Waals surface area contributed by atoms with Gasteiger partial charge >= 0.3 is 5.97 Å². The number of rotatable bonds is 6. The van der Waals surface area contributed by atoms with Crippen LogP contribution in [0.3, 0.4) is 0 Å². The standard InChI is InChI=1S/C13H19NO3/c1-10(9-16-2)14-12(13(15)17-3)11-7-5-4-6-8-11/h4-8,10,12,14H,9H2,1-3H3/t10-,12+/m1/s1. The maximum absolute atomic E-state index is 11.7. The molecule has 0 radical (unpaired) electrons. The molecule has 0 heterocycles. The monoisotopic (exact) mass is 237 g/mol. The Morgan fingerprint density at radius 1 is 1.29 bits per heavy atom. The molecule has 0 aromatic heterocycles. The second-order valence-electron chi connectivity index (χ2n) is 3.89. The molecule has 0 aliphatic rings. The average Bonchev–Trinajstić information content (AvgIpc) is 2.36. The van der Waals surface area contributed by atoms with Gasteiger partial charge in [0.1, 0.15) is 6.04 Å². The summed E-state index contributed by atoms with van der Waals surface area (Å²) in [6.07, 6.45) is 0. The Morgan fingerprint density at radius 3 is 2.47 bits per heavy atom. The quantitative estimate of drug-likeness (QED) is 0.762. The molecule has 0 saturated carbocycles. The van der Waals surface area contributed by atoms with E-state index in [2.05, 4.69) is 5.32 Å². The first-order chi connectivity index (χ1) is 8.19. The second kappa shape index (κ2) is 7.04. The molecule has 0 amide bonds. The van der Waals surface area contributed by atoms with Crippen molar-refractivity contribution in [3.05, 3.63) is 35.9 Å². The molecule has 1 aromatic rings. The number of carbonyl (C=O) groups excluding carboxylic acids is 1. The van der Waals surface area contributed by atoms with Crippen molar-refractivity contribution in [2.45, 2.75) is 19.0 Å². The Balaban J connectivity index is 2.78. The van der Waals surface area contributed by atoms with Gasteiger partial charge in [-0.15, -0.1) is 0 Å². The largest absolute Gasteiger partial charge is 0.468 e. The minimum Gasteiger partial charge on any atom is -0.468 e. The minimum absolute atomic E-state index is 0.0734. The normalized spacial score (nSPS) is 14.1. The Labute approximate surface area is 102 Å². The molecule has 17 heavy (non-hydrogen) atoms. The van der Waals surface area contributed by atoms with E-state index in [1.165, 1.54) is 7.11 Å². The second-order valence-corrected chi connectivity index (χ2v) is 3.89. The van der Waals surface area contributed by atoms with Crippen molar-refractivity contribution in [1.29, 1.82) is 0 Å². The van der Waals surface area contributed by atoms with Crippen LogP contribution in [0.15, 0.2) is 30.3 Å². The molecule has 4 heteroatoms. The third-order valence-corrected chi connectivity index (χ3v) is 2.44. The maximum Gasteiger partial charge on any atom is 0.327 e. The van der Waals surface area contributed by atoms with E-state index >= 15 is 0 Å². The molecular weight excluding hydrogens is 218 g/mol. The summed E-state index contributed by atoms with van der Waals surface area (Å²) in [5, 5.41) is 3.19. The van der Waals surface area contributed by atoms with Gasteiger partial charge in [0.2, 0.25) is 0 Å². The minimum atomic E-state index is -0.452. The van der Waals surface area contributed by atoms with Gasteiger partial charge in [0, 0.05) is 13.2 Å². The molecule has 94 valence electrons. The third-order valence-electron chi connectivity index (χ3n) is 2.44. The average molecular weight is 237 g/mol. The fourth-order valence-electron chi connectivity index (χ4n) is 1.65. The van der Waals surface area contributed by atoms with E-state index in [-0.39, 0.29) is 12.0 Å². The van der Waals surface area contributed by atoms with E-state index in [1.54, 1.807) is 7.11 Å². The predicted molar refractivity (Wildman–Crippen MR) is 65.7 cm³/mol. The molecule has 1 aromatic carbocycles. The van der Waals surface area contributed by atoms with Gasteiger partial charge in [-0.2, -0.15) is 0 Å². The van der Waals surface area contributed by atoms with Crippen LogP contribution in [-0.2, 0) is 14.3 Å². The summed E-state index contributed by atoms with van der Waals surface area (Å²) < 4.78 is 9.84. The van der Waals surface area contributed by atoms with Crippen molar-refractivity contribution in [2.24, 2.45) is 0 Å². The summed E-state index contributed by atoms with van der Waals surface area (Å²) in [7, 11) is 3.02. The number of ether oxygens (including phenoxy) is 2. The van der Waals surface area contributed by atoms with E-state index in [1.807, 2.05) is 37.3 Å². The van der Waals surface area contributed by atoms with Gasteiger partial charge in [0.05, 0.1) is 13.7 Å². The van der Waals surface area contributed by atoms with Gasteiger partial charge in [0.15, 0.2) is 0 Å². The van der Waals surface area contributed by atoms with Gasteiger partial charge < -0.3 is 9.47 Å². The molecule has 0 bridgehead atoms. The lowest BCUT2D eigenvalue weighted by molar-refractivity contribution is -0.143. The Kier molecular flexibility index (Phi) is 5.66. The van der Waals surface area contributed by atoms with Crippen LogP contribution in [0.25, 0.3) is 0 Å². The summed E-state index contributed by atoms with van der Waals surface area (Å²) in [5.41, 5.74) is 0.891. The molecule has 0 spiro atoms. The van der Waals surface area contributed by atoms with E-state index in [0.717, 1.165) is 5.56 Å². The van der Waals surface area contributed by atoms with E-state index in [4.69, 9.17) is 9.47 Å². The zero-order valence-electron chi connectivity index (χ0n) is 10.5. The van der Waals surface area contributed by atoms with Crippen LogP contribution in [-0.4, -0.2) is 32.8 Å². The number of esters is 1. The smallest absolute Gasteiger partial charge is 0.327 e. The predicted octanol–water partition coefficient (Wildman–Crippen LogP) is 1.53. The van der Waals surface area contributed by atoms with Crippen LogP contribution < -0.4 is 5.32 Å². The van der Waals surface area contributed by atoms with E-state index < -0.39 is 6.04 Å². The molecule has 0 aliphatic carbocycles. The molecular formula is C13H19NO3. The molecule has 1 N–H and O–H groups in total. The number of benzene rings is 1. The van der Waals surface area contributed by atoms with E-state index in [9.17, 15) is 4.79 Å².